The number of fused-ring (bicyclic) bond motifs is 1. The first kappa shape index (κ1) is 20.7. The van der Waals surface area contributed by atoms with Crippen molar-refractivity contribution in [1.29, 1.82) is 0 Å². The summed E-state index contributed by atoms with van der Waals surface area (Å²) in [5, 5.41) is 8.81. The van der Waals surface area contributed by atoms with E-state index in [2.05, 4.69) is 0 Å². The van der Waals surface area contributed by atoms with Crippen LogP contribution in [0.1, 0.15) is 24.0 Å². The van der Waals surface area contributed by atoms with E-state index in [1.807, 2.05) is 6.07 Å². The third-order valence-electron chi connectivity index (χ3n) is 4.80. The Balaban J connectivity index is 1.54. The van der Waals surface area contributed by atoms with Gasteiger partial charge in [-0.15, -0.1) is 0 Å². The largest absolute Gasteiger partial charge is 0.494 e. The second kappa shape index (κ2) is 9.00. The zero-order chi connectivity index (χ0) is 21.0. The summed E-state index contributed by atoms with van der Waals surface area (Å²) in [6.07, 6.45) is 1.20. The van der Waals surface area contributed by atoms with Crippen molar-refractivity contribution in [3.63, 3.8) is 0 Å². The van der Waals surface area contributed by atoms with Gasteiger partial charge in [-0.25, -0.2) is 8.78 Å². The molecule has 1 aliphatic heterocycles. The number of hydrogen-bond donors (Lipinski definition) is 2. The Bertz CT molecular complexity index is 920. The van der Waals surface area contributed by atoms with Gasteiger partial charge in [-0.2, -0.15) is 0 Å². The van der Waals surface area contributed by atoms with Crippen molar-refractivity contribution in [1.82, 2.24) is 0 Å². The van der Waals surface area contributed by atoms with Gasteiger partial charge in [0, 0.05) is 18.3 Å². The molecule has 0 saturated heterocycles. The summed E-state index contributed by atoms with van der Waals surface area (Å²) in [7, 11) is 0. The minimum absolute atomic E-state index is 0.363. The normalized spacial score (nSPS) is 13.8. The molecule has 8 heteroatoms. The van der Waals surface area contributed by atoms with Gasteiger partial charge in [-0.1, -0.05) is 6.07 Å². The monoisotopic (exact) mass is 404 g/mol. The van der Waals surface area contributed by atoms with Crippen LogP contribution in [0.15, 0.2) is 36.4 Å². The zero-order valence-corrected chi connectivity index (χ0v) is 15.7. The molecular weight excluding hydrogens is 382 g/mol. The SMILES string of the molecule is N[C@H](CC(=O)O)C(=O)N1CCc2cc(OCCCc3ccc(F)cc3F)ccc21. The lowest BCUT2D eigenvalue weighted by Gasteiger charge is -2.21. The minimum atomic E-state index is -1.12. The number of aryl methyl sites for hydroxylation is 1. The maximum Gasteiger partial charge on any atom is 0.305 e. The van der Waals surface area contributed by atoms with E-state index < -0.39 is 36.0 Å². The van der Waals surface area contributed by atoms with Gasteiger partial charge in [0.15, 0.2) is 0 Å². The van der Waals surface area contributed by atoms with Crippen LogP contribution in [0.5, 0.6) is 5.75 Å². The number of carboxylic acids is 1. The molecule has 1 aliphatic rings. The molecule has 0 aliphatic carbocycles. The van der Waals surface area contributed by atoms with E-state index in [0.717, 1.165) is 11.6 Å². The Labute approximate surface area is 166 Å². The minimum Gasteiger partial charge on any atom is -0.494 e. The number of aliphatic carboxylic acids is 1. The molecule has 0 unspecified atom stereocenters. The lowest BCUT2D eigenvalue weighted by Crippen LogP contribution is -2.44. The van der Waals surface area contributed by atoms with Crippen molar-refractivity contribution in [3.05, 3.63) is 59.2 Å². The fourth-order valence-electron chi connectivity index (χ4n) is 3.35. The van der Waals surface area contributed by atoms with Crippen LogP contribution >= 0.6 is 0 Å². The molecule has 0 radical (unpaired) electrons. The van der Waals surface area contributed by atoms with Gasteiger partial charge in [0.25, 0.3) is 0 Å². The van der Waals surface area contributed by atoms with Gasteiger partial charge in [-0.05, 0) is 54.7 Å². The van der Waals surface area contributed by atoms with Crippen LogP contribution in [-0.2, 0) is 22.4 Å². The van der Waals surface area contributed by atoms with Gasteiger partial charge in [-0.3, -0.25) is 9.59 Å². The first-order valence-electron chi connectivity index (χ1n) is 9.33. The fourth-order valence-corrected chi connectivity index (χ4v) is 3.35. The van der Waals surface area contributed by atoms with E-state index in [4.69, 9.17) is 15.6 Å². The molecule has 0 bridgehead atoms. The van der Waals surface area contributed by atoms with Gasteiger partial charge in [0.2, 0.25) is 5.91 Å². The Morgan fingerprint density at radius 2 is 2.00 bits per heavy atom. The topological polar surface area (TPSA) is 92.9 Å². The molecule has 0 aromatic heterocycles. The Kier molecular flexibility index (Phi) is 6.43. The Hall–Kier alpha value is -3.00. The van der Waals surface area contributed by atoms with Crippen molar-refractivity contribution in [2.45, 2.75) is 31.7 Å². The van der Waals surface area contributed by atoms with Gasteiger partial charge >= 0.3 is 5.97 Å². The van der Waals surface area contributed by atoms with Crippen molar-refractivity contribution in [2.75, 3.05) is 18.1 Å². The molecule has 154 valence electrons. The Morgan fingerprint density at radius 3 is 2.72 bits per heavy atom. The number of carbonyl (C=O) groups excluding carboxylic acids is 1. The van der Waals surface area contributed by atoms with Crippen molar-refractivity contribution < 1.29 is 28.2 Å². The molecule has 3 N–H and O–H groups in total. The number of benzene rings is 2. The van der Waals surface area contributed by atoms with Gasteiger partial charge < -0.3 is 20.5 Å². The summed E-state index contributed by atoms with van der Waals surface area (Å²) in [4.78, 5) is 24.6. The quantitative estimate of drug-likeness (QED) is 0.660. The average Bonchev–Trinajstić information content (AvgIpc) is 3.08. The van der Waals surface area contributed by atoms with Crippen molar-refractivity contribution in [2.24, 2.45) is 5.73 Å². The van der Waals surface area contributed by atoms with Crippen LogP contribution in [0.25, 0.3) is 0 Å². The highest BCUT2D eigenvalue weighted by Crippen LogP contribution is 2.32. The van der Waals surface area contributed by atoms with Crippen LogP contribution in [-0.4, -0.2) is 36.2 Å². The van der Waals surface area contributed by atoms with Crippen LogP contribution in [0.3, 0.4) is 0 Å². The molecule has 1 amide bonds. The summed E-state index contributed by atoms with van der Waals surface area (Å²) in [5.74, 6) is -2.06. The molecule has 0 saturated carbocycles. The van der Waals surface area contributed by atoms with Gasteiger partial charge in [0.05, 0.1) is 19.1 Å². The second-order valence-electron chi connectivity index (χ2n) is 6.92. The molecule has 1 heterocycles. The first-order valence-corrected chi connectivity index (χ1v) is 9.33. The third kappa shape index (κ3) is 5.08. The smallest absolute Gasteiger partial charge is 0.305 e. The molecule has 0 fully saturated rings. The highest BCUT2D eigenvalue weighted by atomic mass is 19.1. The van der Waals surface area contributed by atoms with Crippen LogP contribution < -0.4 is 15.4 Å². The number of carboxylic acid groups (broad SMARTS) is 1. The molecule has 29 heavy (non-hydrogen) atoms. The van der Waals surface area contributed by atoms with Gasteiger partial charge in [0.1, 0.15) is 17.4 Å². The fraction of sp³-hybridized carbons (Fsp3) is 0.333. The highest BCUT2D eigenvalue weighted by molar-refractivity contribution is 6.00. The number of hydrogen-bond acceptors (Lipinski definition) is 4. The van der Waals surface area contributed by atoms with Crippen molar-refractivity contribution >= 4 is 17.6 Å². The average molecular weight is 404 g/mol. The number of halogens is 2. The standard InChI is InChI=1S/C21H22F2N2O4/c22-15-4-3-13(17(23)11-15)2-1-9-29-16-5-6-19-14(10-16)7-8-25(19)21(28)18(24)12-20(26)27/h3-6,10-11,18H,1-2,7-9,12,24H2,(H,26,27)/t18-/m1/s1. The van der Waals surface area contributed by atoms with Crippen LogP contribution in [0.4, 0.5) is 14.5 Å². The van der Waals surface area contributed by atoms with Crippen molar-refractivity contribution in [3.8, 4) is 5.75 Å². The summed E-state index contributed by atoms with van der Waals surface area (Å²) in [6.45, 7) is 0.802. The lowest BCUT2D eigenvalue weighted by molar-refractivity contribution is -0.139. The highest BCUT2D eigenvalue weighted by Gasteiger charge is 2.29. The molecule has 2 aromatic rings. The number of nitrogens with two attached hydrogens (primary N) is 1. The summed E-state index contributed by atoms with van der Waals surface area (Å²) < 4.78 is 32.3. The number of rotatable bonds is 8. The predicted molar refractivity (Wildman–Crippen MR) is 103 cm³/mol. The first-order chi connectivity index (χ1) is 13.8. The second-order valence-corrected chi connectivity index (χ2v) is 6.92. The summed E-state index contributed by atoms with van der Waals surface area (Å²) in [5.41, 5.74) is 7.75. The molecule has 0 spiro atoms. The molecule has 2 aromatic carbocycles. The number of anilines is 1. The molecule has 6 nitrogen and oxygen atoms in total. The van der Waals surface area contributed by atoms with E-state index >= 15 is 0 Å². The molecule has 3 rings (SSSR count). The van der Waals surface area contributed by atoms with Crippen LogP contribution in [0.2, 0.25) is 0 Å². The number of ether oxygens (including phenoxy) is 1. The van der Waals surface area contributed by atoms with E-state index in [1.54, 1.807) is 12.1 Å². The number of nitrogens with zero attached hydrogens (tertiary/aromatic N) is 1. The van der Waals surface area contributed by atoms with E-state index in [0.29, 0.717) is 49.4 Å². The van der Waals surface area contributed by atoms with E-state index in [1.165, 1.54) is 17.0 Å². The summed E-state index contributed by atoms with van der Waals surface area (Å²) >= 11 is 0. The maximum absolute atomic E-state index is 13.6. The van der Waals surface area contributed by atoms with E-state index in [9.17, 15) is 18.4 Å². The molecule has 1 atom stereocenters. The Morgan fingerprint density at radius 1 is 1.21 bits per heavy atom. The zero-order valence-electron chi connectivity index (χ0n) is 15.7. The number of carbonyl (C=O) groups is 2. The predicted octanol–water partition coefficient (Wildman–Crippen LogP) is 2.67. The maximum atomic E-state index is 13.6. The molecular formula is C21H22F2N2O4. The van der Waals surface area contributed by atoms with Crippen LogP contribution in [0, 0.1) is 11.6 Å². The lowest BCUT2D eigenvalue weighted by atomic mass is 10.1. The summed E-state index contributed by atoms with van der Waals surface area (Å²) in [6, 6.07) is 7.77. The van der Waals surface area contributed by atoms with E-state index in [-0.39, 0.29) is 0 Å². The number of amides is 1. The third-order valence-corrected chi connectivity index (χ3v) is 4.80.